The number of ether oxygens (including phenoxy) is 13. The first-order valence-corrected chi connectivity index (χ1v) is 46.2. The van der Waals surface area contributed by atoms with Gasteiger partial charge in [-0.05, 0) is 237 Å². The molecule has 0 spiro atoms. The van der Waals surface area contributed by atoms with E-state index in [0.717, 1.165) is 144 Å². The van der Waals surface area contributed by atoms with Gasteiger partial charge in [-0.1, -0.05) is 78.7 Å². The number of nitrogens with zero attached hydrogens (tertiary/aromatic N) is 5. The highest BCUT2D eigenvalue weighted by Gasteiger charge is 2.30. The van der Waals surface area contributed by atoms with Crippen LogP contribution in [-0.4, -0.2) is 279 Å². The zero-order chi connectivity index (χ0) is 94.9. The van der Waals surface area contributed by atoms with Crippen LogP contribution in [0.4, 0.5) is 9.59 Å². The maximum atomic E-state index is 12.7. The molecule has 5 saturated heterocycles. The zero-order valence-electron chi connectivity index (χ0n) is 78.5. The third-order valence-corrected chi connectivity index (χ3v) is 21.7. The molecule has 7 heterocycles. The van der Waals surface area contributed by atoms with Crippen molar-refractivity contribution in [3.63, 3.8) is 0 Å². The van der Waals surface area contributed by atoms with E-state index in [4.69, 9.17) is 95.6 Å². The van der Waals surface area contributed by atoms with E-state index < -0.39 is 23.4 Å². The molecule has 33 heteroatoms. The van der Waals surface area contributed by atoms with Crippen LogP contribution in [0.15, 0.2) is 144 Å². The van der Waals surface area contributed by atoms with E-state index >= 15 is 0 Å². The van der Waals surface area contributed by atoms with Gasteiger partial charge in [-0.25, -0.2) is 20.4 Å². The summed E-state index contributed by atoms with van der Waals surface area (Å²) in [4.78, 5) is 63.9. The Labute approximate surface area is 783 Å². The number of aliphatic hydroxyl groups excluding tert-OH is 2. The number of hydrogen-bond donors (Lipinski definition) is 8. The summed E-state index contributed by atoms with van der Waals surface area (Å²) in [6, 6.07) is 42.5. The van der Waals surface area contributed by atoms with Crippen molar-refractivity contribution >= 4 is 64.5 Å². The number of methoxy groups -OCH3 is 4. The minimum absolute atomic E-state index is 0.0502. The van der Waals surface area contributed by atoms with E-state index in [1.165, 1.54) is 28.7 Å². The third-order valence-electron chi connectivity index (χ3n) is 21.1. The number of nitrogens with one attached hydrogen (secondary N) is 4. The average Bonchev–Trinajstić information content (AvgIpc) is 1.77. The van der Waals surface area contributed by atoms with Crippen molar-refractivity contribution in [3.8, 4) is 34.5 Å². The van der Waals surface area contributed by atoms with Crippen molar-refractivity contribution in [2.75, 3.05) is 153 Å². The van der Waals surface area contributed by atoms with Gasteiger partial charge in [-0.2, -0.15) is 10.2 Å². The summed E-state index contributed by atoms with van der Waals surface area (Å²) in [6.45, 7) is 26.4. The molecular weight excluding hydrogens is 1720 g/mol. The van der Waals surface area contributed by atoms with Crippen molar-refractivity contribution in [2.45, 2.75) is 205 Å². The summed E-state index contributed by atoms with van der Waals surface area (Å²) < 4.78 is 68.7. The number of amides is 5. The maximum Gasteiger partial charge on any atom is 0.410 e. The second kappa shape index (κ2) is 59.2. The number of carbonyl (C=O) groups is 5. The van der Waals surface area contributed by atoms with Gasteiger partial charge in [0.2, 0.25) is 11.8 Å². The van der Waals surface area contributed by atoms with Gasteiger partial charge in [0.1, 0.15) is 83.8 Å². The van der Waals surface area contributed by atoms with E-state index in [1.54, 1.807) is 67.4 Å². The Morgan fingerprint density at radius 1 is 0.496 bits per heavy atom. The lowest BCUT2D eigenvalue weighted by molar-refractivity contribution is -0.134. The molecule has 0 saturated carbocycles. The van der Waals surface area contributed by atoms with Gasteiger partial charge >= 0.3 is 12.2 Å². The molecule has 5 amide bonds. The highest BCUT2D eigenvalue weighted by molar-refractivity contribution is 6.33. The molecule has 724 valence electrons. The fraction of sp³-hybridized carbons (Fsp3) is 0.561. The molecule has 7 aliphatic heterocycles. The molecule has 7 aliphatic rings. The van der Waals surface area contributed by atoms with Crippen molar-refractivity contribution in [3.05, 3.63) is 177 Å². The Morgan fingerprint density at radius 3 is 1.18 bits per heavy atom. The van der Waals surface area contributed by atoms with Crippen LogP contribution in [0.5, 0.6) is 34.5 Å². The van der Waals surface area contributed by atoms with Crippen LogP contribution in [0.25, 0.3) is 0 Å². The fourth-order valence-electron chi connectivity index (χ4n) is 13.2. The number of carbonyl (C=O) groups excluding carboxylic acids is 5. The fourth-order valence-corrected chi connectivity index (χ4v) is 13.7. The average molecular weight is 1870 g/mol. The minimum Gasteiger partial charge on any atom is -0.508 e. The van der Waals surface area contributed by atoms with Gasteiger partial charge in [0.25, 0.3) is 5.91 Å². The first-order chi connectivity index (χ1) is 62.9. The second-order valence-corrected chi connectivity index (χ2v) is 35.2. The molecule has 6 aromatic carbocycles. The number of halogens is 2. The third kappa shape index (κ3) is 45.2. The van der Waals surface area contributed by atoms with E-state index in [-0.39, 0.29) is 67.9 Å². The topological polar surface area (TPSA) is 381 Å². The number of aromatic hydroxyl groups is 1. The maximum absolute atomic E-state index is 12.7. The molecule has 0 bridgehead atoms. The second-order valence-electron chi connectivity index (χ2n) is 34.3. The highest BCUT2D eigenvalue weighted by atomic mass is 35.5. The van der Waals surface area contributed by atoms with Gasteiger partial charge in [0.05, 0.1) is 73.8 Å². The van der Waals surface area contributed by atoms with Crippen LogP contribution in [0.1, 0.15) is 159 Å². The van der Waals surface area contributed by atoms with Crippen molar-refractivity contribution in [1.29, 1.82) is 0 Å². The predicted molar refractivity (Wildman–Crippen MR) is 507 cm³/mol. The van der Waals surface area contributed by atoms with Gasteiger partial charge in [-0.15, -0.1) is 0 Å². The van der Waals surface area contributed by atoms with Crippen LogP contribution in [-0.2, 0) is 78.0 Å². The Kier molecular flexibility index (Phi) is 49.1. The summed E-state index contributed by atoms with van der Waals surface area (Å²) in [7, 11) is 6.77. The number of phenols is 1. The number of hydrogen-bond acceptors (Lipinski definition) is 26. The van der Waals surface area contributed by atoms with E-state index in [2.05, 4.69) is 50.7 Å². The van der Waals surface area contributed by atoms with Gasteiger partial charge in [-0.3, -0.25) is 14.4 Å². The van der Waals surface area contributed by atoms with Crippen LogP contribution in [0, 0.1) is 0 Å². The Morgan fingerprint density at radius 2 is 0.855 bits per heavy atom. The Hall–Kier alpha value is -9.45. The minimum atomic E-state index is -0.638. The summed E-state index contributed by atoms with van der Waals surface area (Å²) in [5, 5.41) is 45.3. The molecule has 13 rings (SSSR count). The number of benzene rings is 6. The van der Waals surface area contributed by atoms with Gasteiger partial charge in [0, 0.05) is 125 Å². The van der Waals surface area contributed by atoms with Crippen LogP contribution in [0.2, 0.25) is 10.0 Å². The molecule has 0 aliphatic carbocycles. The van der Waals surface area contributed by atoms with Crippen LogP contribution in [0.3, 0.4) is 0 Å². The molecule has 31 nitrogen and oxygen atoms in total. The lowest BCUT2D eigenvalue weighted by Gasteiger charge is -2.34. The normalized spacial score (nSPS) is 17.1. The number of epoxide rings is 2. The van der Waals surface area contributed by atoms with Gasteiger partial charge in [0.15, 0.2) is 6.61 Å². The van der Waals surface area contributed by atoms with Gasteiger partial charge < -0.3 is 108 Å². The molecule has 131 heavy (non-hydrogen) atoms. The number of rotatable bonds is 35. The smallest absolute Gasteiger partial charge is 0.410 e. The first kappa shape index (κ1) is 109. The van der Waals surface area contributed by atoms with Crippen molar-refractivity contribution in [2.24, 2.45) is 15.9 Å². The monoisotopic (exact) mass is 1860 g/mol. The van der Waals surface area contributed by atoms with Crippen molar-refractivity contribution in [1.82, 2.24) is 36.2 Å². The summed E-state index contributed by atoms with van der Waals surface area (Å²) in [5.41, 5.74) is 17.9. The largest absolute Gasteiger partial charge is 0.508 e. The number of piperidine rings is 3. The van der Waals surface area contributed by atoms with E-state index in [1.807, 2.05) is 146 Å². The zero-order valence-corrected chi connectivity index (χ0v) is 80.1. The highest BCUT2D eigenvalue weighted by Crippen LogP contribution is 2.30. The lowest BCUT2D eigenvalue weighted by atomic mass is 10.0. The SMILES string of the molecule is CC(C)(C)OC(=O)N1CCC(N)CC1.CCOc1ccc(C2=NNC(=O)CC2)cc1Cl.CC[C@@H]1CO1.COCCc1ccc(O)cc1.COCCc1ccc(OC[C@@H](O)CNC2CCN(C(=O)COc3ccc(C4=NNC(=O)CC4)cc3Cl)CC2)cc1.COCCc1ccc(OC[C@@H](O)CNC2CCN(C(=O)OC(C)(C)C)CC2)cc1.COCCc1ccc(OC[C@@H]2CO2)cc1. The van der Waals surface area contributed by atoms with E-state index in [0.29, 0.717) is 131 Å². The number of hydrazone groups is 2. The summed E-state index contributed by atoms with van der Waals surface area (Å²) in [5.74, 6) is 3.53. The number of likely N-dealkylation sites (tertiary alicyclic amines) is 3. The molecule has 0 aromatic heterocycles. The first-order valence-electron chi connectivity index (χ1n) is 45.4. The van der Waals surface area contributed by atoms with Crippen LogP contribution < -0.4 is 50.9 Å². The summed E-state index contributed by atoms with van der Waals surface area (Å²) in [6.07, 6.45) is 11.1. The summed E-state index contributed by atoms with van der Waals surface area (Å²) >= 11 is 12.5. The molecule has 0 radical (unpaired) electrons. The Bertz CT molecular complexity index is 4360. The van der Waals surface area contributed by atoms with Crippen molar-refractivity contribution < 1.29 is 101 Å². The molecule has 0 unspecified atom stereocenters. The number of nitrogens with two attached hydrogens (primary N) is 1. The van der Waals surface area contributed by atoms with E-state index in [9.17, 15) is 34.2 Å². The standard InChI is InChI=1S/C29H37ClN4O6.C22H36N2O5.C12H13ClN2O2.C12H16O3.C10H20N2O2.C9H12O2.C4H8O/c1-38-15-12-20-2-5-24(6-3-20)39-18-23(35)17-31-22-10-13-34(14-11-22)29(37)19-40-27-8-4-21(16-25(27)30)26-7-9-28(36)33-32-26;1-22(2,3)29-21(26)24-12-9-18(10-13-24)23-15-19(25)16-28-20-7-5-17(6-8-20)11-14-27-4;1-2-17-11-5-3-8(7-9(11)13)10-4-6-12(16)15-14-10;1-13-7-6-10-2-4-11(5-3-10)14-8-12-9-15-12;1-10(2,3)14-9(13)12-6-4-8(11)5-7-12;1-11-7-6-8-2-4-9(10)5-3-8;1-2-4-3-5-4/h2-6,8,16,22-23,31,35H,7,9-15,17-19H2,1H3,(H,33,36);5-8,18-19,23,25H,9-16H2,1-4H3;3,5,7H,2,4,6H2,1H3,(H,15,16);2-5,12H,6-9H2,1H3;8H,4-7,11H2,1-3H3;2-5,10H,6-7H2,1H3;4H,2-3H2,1H3/t23-;19-;;12-;;;4-/m00.1..1/s1. The molecule has 6 aromatic rings. The predicted octanol–water partition coefficient (Wildman–Crippen LogP) is 12.9. The number of phenolic OH excluding ortho intramolecular Hbond substituents is 1. The molecule has 9 N–H and O–H groups in total. The molecular formula is C98H142Cl2N10O21. The molecule has 5 fully saturated rings. The quantitative estimate of drug-likeness (QED) is 0.0171. The lowest BCUT2D eigenvalue weighted by Crippen LogP contribution is -2.48. The number of aliphatic hydroxyl groups is 2. The molecule has 4 atom stereocenters. The Balaban J connectivity index is 0.000000225. The van der Waals surface area contributed by atoms with Crippen LogP contribution >= 0.6 is 23.2 Å².